The molecule has 126 valence electrons. The van der Waals surface area contributed by atoms with Crippen LogP contribution in [0.25, 0.3) is 0 Å². The third-order valence-corrected chi connectivity index (χ3v) is 4.38. The molecule has 0 fully saturated rings. The van der Waals surface area contributed by atoms with E-state index in [0.29, 0.717) is 0 Å². The molecule has 2 atom stereocenters. The van der Waals surface area contributed by atoms with Gasteiger partial charge in [0.05, 0.1) is 10.7 Å². The van der Waals surface area contributed by atoms with Crippen LogP contribution in [0.2, 0.25) is 0 Å². The molecule has 0 aliphatic carbocycles. The summed E-state index contributed by atoms with van der Waals surface area (Å²) in [5.41, 5.74) is 0.639. The van der Waals surface area contributed by atoms with Crippen molar-refractivity contribution in [3.8, 4) is 0 Å². The lowest BCUT2D eigenvalue weighted by Gasteiger charge is -2.22. The number of hydrogen-bond donors (Lipinski definition) is 2. The summed E-state index contributed by atoms with van der Waals surface area (Å²) in [6.45, 7) is 14.6. The van der Waals surface area contributed by atoms with Crippen LogP contribution in [0, 0.1) is 13.8 Å². The van der Waals surface area contributed by atoms with Gasteiger partial charge in [0.15, 0.2) is 0 Å². The number of carbonyl (C=O) groups is 1. The summed E-state index contributed by atoms with van der Waals surface area (Å²) < 4.78 is 5.25. The Morgan fingerprint density at radius 2 is 1.95 bits per heavy atom. The van der Waals surface area contributed by atoms with Gasteiger partial charge in [-0.15, -0.1) is 11.3 Å². The molecule has 1 aromatic heterocycles. The molecule has 2 N–H and O–H groups in total. The highest BCUT2D eigenvalue weighted by molar-refractivity contribution is 7.11. The number of aryl methyl sites for hydroxylation is 2. The van der Waals surface area contributed by atoms with Crippen molar-refractivity contribution in [2.45, 2.75) is 72.6 Å². The molecule has 0 spiro atoms. The lowest BCUT2D eigenvalue weighted by Crippen LogP contribution is -2.39. The minimum Gasteiger partial charge on any atom is -0.444 e. The molecule has 0 radical (unpaired) electrons. The van der Waals surface area contributed by atoms with Gasteiger partial charge in [-0.05, 0) is 61.4 Å². The van der Waals surface area contributed by atoms with Crippen LogP contribution >= 0.6 is 11.3 Å². The maximum Gasteiger partial charge on any atom is 0.407 e. The number of amides is 1. The van der Waals surface area contributed by atoms with Crippen molar-refractivity contribution in [1.29, 1.82) is 0 Å². The number of aromatic nitrogens is 1. The second-order valence-electron chi connectivity index (χ2n) is 6.69. The SMILES string of the molecule is Cc1nc(C)c(C(C)NCCC(C)NC(=O)OC(C)(C)C)s1. The second kappa shape index (κ2) is 7.92. The number of carbonyl (C=O) groups excluding carboxylic acids is 1. The van der Waals surface area contributed by atoms with Crippen molar-refractivity contribution in [3.05, 3.63) is 15.6 Å². The molecule has 0 bridgehead atoms. The maximum atomic E-state index is 11.7. The first kappa shape index (κ1) is 18.9. The molecule has 1 aromatic rings. The fraction of sp³-hybridized carbons (Fsp3) is 0.750. The van der Waals surface area contributed by atoms with E-state index in [-0.39, 0.29) is 18.2 Å². The van der Waals surface area contributed by atoms with Gasteiger partial charge in [-0.2, -0.15) is 0 Å². The third kappa shape index (κ3) is 6.75. The summed E-state index contributed by atoms with van der Waals surface area (Å²) in [5.74, 6) is 0. The Bertz CT molecular complexity index is 494. The van der Waals surface area contributed by atoms with Crippen LogP contribution in [-0.4, -0.2) is 29.3 Å². The zero-order valence-electron chi connectivity index (χ0n) is 14.7. The number of rotatable bonds is 6. The lowest BCUT2D eigenvalue weighted by molar-refractivity contribution is 0.0506. The summed E-state index contributed by atoms with van der Waals surface area (Å²) in [4.78, 5) is 17.4. The first-order chi connectivity index (χ1) is 10.1. The van der Waals surface area contributed by atoms with E-state index in [2.05, 4.69) is 22.5 Å². The van der Waals surface area contributed by atoms with Crippen LogP contribution in [0.4, 0.5) is 4.79 Å². The largest absolute Gasteiger partial charge is 0.444 e. The predicted octanol–water partition coefficient (Wildman–Crippen LogP) is 3.71. The zero-order chi connectivity index (χ0) is 16.9. The molecule has 6 heteroatoms. The summed E-state index contributed by atoms with van der Waals surface area (Å²) in [6.07, 6.45) is 0.488. The first-order valence-corrected chi connectivity index (χ1v) is 8.57. The standard InChI is InChI=1S/C16H29N3O2S/c1-10(18-15(20)21-16(5,6)7)8-9-17-11(2)14-12(3)19-13(4)22-14/h10-11,17H,8-9H2,1-7H3,(H,18,20). The minimum absolute atomic E-state index is 0.0684. The molecule has 1 heterocycles. The van der Waals surface area contributed by atoms with Crippen molar-refractivity contribution in [2.24, 2.45) is 0 Å². The van der Waals surface area contributed by atoms with Crippen LogP contribution < -0.4 is 10.6 Å². The Morgan fingerprint density at radius 1 is 1.32 bits per heavy atom. The normalized spacial score (nSPS) is 14.5. The van der Waals surface area contributed by atoms with Crippen molar-refractivity contribution in [2.75, 3.05) is 6.54 Å². The molecule has 1 rings (SSSR count). The quantitative estimate of drug-likeness (QED) is 0.836. The van der Waals surface area contributed by atoms with E-state index in [1.54, 1.807) is 11.3 Å². The highest BCUT2D eigenvalue weighted by Gasteiger charge is 2.18. The van der Waals surface area contributed by atoms with Crippen molar-refractivity contribution in [3.63, 3.8) is 0 Å². The predicted molar refractivity (Wildman–Crippen MR) is 91.5 cm³/mol. The summed E-state index contributed by atoms with van der Waals surface area (Å²) in [5, 5.41) is 7.44. The van der Waals surface area contributed by atoms with Crippen LogP contribution in [0.3, 0.4) is 0 Å². The van der Waals surface area contributed by atoms with Crippen molar-refractivity contribution >= 4 is 17.4 Å². The molecular formula is C16H29N3O2S. The number of nitrogens with zero attached hydrogens (tertiary/aromatic N) is 1. The van der Waals surface area contributed by atoms with Gasteiger partial charge in [-0.3, -0.25) is 0 Å². The van der Waals surface area contributed by atoms with Gasteiger partial charge in [0.1, 0.15) is 5.60 Å². The average Bonchev–Trinajstić information content (AvgIpc) is 2.65. The van der Waals surface area contributed by atoms with E-state index < -0.39 is 5.60 Å². The van der Waals surface area contributed by atoms with Crippen LogP contribution in [0.15, 0.2) is 0 Å². The highest BCUT2D eigenvalue weighted by atomic mass is 32.1. The molecule has 5 nitrogen and oxygen atoms in total. The Kier molecular flexibility index (Phi) is 6.81. The van der Waals surface area contributed by atoms with E-state index in [9.17, 15) is 4.79 Å². The van der Waals surface area contributed by atoms with Gasteiger partial charge in [0.25, 0.3) is 0 Å². The molecule has 22 heavy (non-hydrogen) atoms. The van der Waals surface area contributed by atoms with Crippen molar-refractivity contribution in [1.82, 2.24) is 15.6 Å². The van der Waals surface area contributed by atoms with Gasteiger partial charge in [0, 0.05) is 17.0 Å². The zero-order valence-corrected chi connectivity index (χ0v) is 15.6. The Morgan fingerprint density at radius 3 is 2.45 bits per heavy atom. The molecule has 0 saturated heterocycles. The van der Waals surface area contributed by atoms with Crippen molar-refractivity contribution < 1.29 is 9.53 Å². The molecule has 1 amide bonds. The highest BCUT2D eigenvalue weighted by Crippen LogP contribution is 2.24. The minimum atomic E-state index is -0.460. The summed E-state index contributed by atoms with van der Waals surface area (Å²) >= 11 is 1.73. The summed E-state index contributed by atoms with van der Waals surface area (Å²) in [6, 6.07) is 0.346. The number of nitrogens with one attached hydrogen (secondary N) is 2. The van der Waals surface area contributed by atoms with Crippen LogP contribution in [0.1, 0.15) is 62.7 Å². The smallest absolute Gasteiger partial charge is 0.407 e. The Balaban J connectivity index is 2.31. The fourth-order valence-electron chi connectivity index (χ4n) is 2.14. The number of thiazole rings is 1. The van der Waals surface area contributed by atoms with E-state index in [1.165, 1.54) is 4.88 Å². The number of alkyl carbamates (subject to hydrolysis) is 1. The third-order valence-electron chi connectivity index (χ3n) is 3.12. The van der Waals surface area contributed by atoms with E-state index in [1.807, 2.05) is 41.5 Å². The van der Waals surface area contributed by atoms with Crippen LogP contribution in [-0.2, 0) is 4.74 Å². The first-order valence-electron chi connectivity index (χ1n) is 7.75. The lowest BCUT2D eigenvalue weighted by atomic mass is 10.2. The molecule has 0 saturated carbocycles. The van der Waals surface area contributed by atoms with Gasteiger partial charge in [0.2, 0.25) is 0 Å². The second-order valence-corrected chi connectivity index (χ2v) is 7.93. The monoisotopic (exact) mass is 327 g/mol. The van der Waals surface area contributed by atoms with Gasteiger partial charge in [-0.25, -0.2) is 9.78 Å². The van der Waals surface area contributed by atoms with E-state index in [0.717, 1.165) is 23.7 Å². The maximum absolute atomic E-state index is 11.7. The van der Waals surface area contributed by atoms with E-state index in [4.69, 9.17) is 4.74 Å². The Hall–Kier alpha value is -1.14. The van der Waals surface area contributed by atoms with Gasteiger partial charge in [-0.1, -0.05) is 0 Å². The number of hydrogen-bond acceptors (Lipinski definition) is 5. The topological polar surface area (TPSA) is 63.2 Å². The molecular weight excluding hydrogens is 298 g/mol. The molecule has 0 aliphatic rings. The van der Waals surface area contributed by atoms with Gasteiger partial charge < -0.3 is 15.4 Å². The average molecular weight is 327 g/mol. The fourth-order valence-corrected chi connectivity index (χ4v) is 3.09. The molecule has 0 aliphatic heterocycles. The van der Waals surface area contributed by atoms with Gasteiger partial charge >= 0.3 is 6.09 Å². The Labute approximate surface area is 137 Å². The number of ether oxygens (including phenoxy) is 1. The van der Waals surface area contributed by atoms with E-state index >= 15 is 0 Å². The molecule has 2 unspecified atom stereocenters. The van der Waals surface area contributed by atoms with Crippen LogP contribution in [0.5, 0.6) is 0 Å². The summed E-state index contributed by atoms with van der Waals surface area (Å²) in [7, 11) is 0. The molecule has 0 aromatic carbocycles.